The van der Waals surface area contributed by atoms with Crippen LogP contribution in [0.15, 0.2) is 66.7 Å². The summed E-state index contributed by atoms with van der Waals surface area (Å²) in [5.41, 5.74) is 3.42. The molecular weight excluding hydrogens is 407 g/mol. The molecule has 3 rings (SSSR count). The first-order valence-electron chi connectivity index (χ1n) is 10.2. The molecule has 0 unspecified atom stereocenters. The van der Waals surface area contributed by atoms with Crippen molar-refractivity contribution in [3.05, 3.63) is 89.5 Å². The summed E-state index contributed by atoms with van der Waals surface area (Å²) in [6.07, 6.45) is 0.207. The second-order valence-electron chi connectivity index (χ2n) is 7.46. The highest BCUT2D eigenvalue weighted by molar-refractivity contribution is 5.71. The monoisotopic (exact) mass is 430 g/mol. The van der Waals surface area contributed by atoms with Crippen LogP contribution in [-0.4, -0.2) is 6.18 Å². The highest BCUT2D eigenvalue weighted by Gasteiger charge is 2.23. The van der Waals surface area contributed by atoms with Crippen LogP contribution in [0.3, 0.4) is 0 Å². The Labute approximate surface area is 179 Å². The average Bonchev–Trinajstić information content (AvgIpc) is 2.73. The molecule has 0 aromatic heterocycles. The lowest BCUT2D eigenvalue weighted by Gasteiger charge is -2.08. The Hall–Kier alpha value is -2.95. The SMILES string of the molecule is CCCCCc1ccc(-c2ccc(-c3cc(F)c(/C=C/C(F)(F)F)c(F)c3)cc2)cc1. The Morgan fingerprint density at radius 2 is 1.19 bits per heavy atom. The number of alkyl halides is 3. The number of hydrogen-bond acceptors (Lipinski definition) is 0. The van der Waals surface area contributed by atoms with Crippen LogP contribution < -0.4 is 0 Å². The number of allylic oxidation sites excluding steroid dienone is 1. The lowest BCUT2D eigenvalue weighted by Crippen LogP contribution is -2.01. The number of benzene rings is 3. The standard InChI is InChI=1S/C26H23F5/c1-2-3-4-5-18-6-8-19(9-7-18)20-10-12-21(13-11-20)22-16-24(27)23(25(28)17-22)14-15-26(29,30)31/h6-17H,2-5H2,1H3/b15-14+. The van der Waals surface area contributed by atoms with Crippen LogP contribution in [0.4, 0.5) is 22.0 Å². The minimum absolute atomic E-state index is 0.182. The number of unbranched alkanes of at least 4 members (excludes halogenated alkanes) is 2. The quantitative estimate of drug-likeness (QED) is 0.260. The molecule has 0 amide bonds. The first kappa shape index (κ1) is 22.7. The Balaban J connectivity index is 1.78. The molecule has 0 heterocycles. The molecule has 0 fully saturated rings. The van der Waals surface area contributed by atoms with Gasteiger partial charge < -0.3 is 0 Å². The Morgan fingerprint density at radius 1 is 0.710 bits per heavy atom. The fourth-order valence-corrected chi connectivity index (χ4v) is 3.39. The van der Waals surface area contributed by atoms with E-state index in [1.807, 2.05) is 12.1 Å². The molecule has 0 aliphatic heterocycles. The summed E-state index contributed by atoms with van der Waals surface area (Å²) in [5, 5.41) is 0. The van der Waals surface area contributed by atoms with Crippen molar-refractivity contribution in [2.45, 2.75) is 38.8 Å². The molecule has 0 N–H and O–H groups in total. The number of halogens is 5. The van der Waals surface area contributed by atoms with Gasteiger partial charge in [-0.1, -0.05) is 68.3 Å². The van der Waals surface area contributed by atoms with E-state index in [2.05, 4.69) is 31.2 Å². The van der Waals surface area contributed by atoms with E-state index in [0.29, 0.717) is 11.6 Å². The van der Waals surface area contributed by atoms with Gasteiger partial charge in [0.05, 0.1) is 0 Å². The smallest absolute Gasteiger partial charge is 0.206 e. The van der Waals surface area contributed by atoms with Crippen molar-refractivity contribution in [2.75, 3.05) is 0 Å². The topological polar surface area (TPSA) is 0 Å². The van der Waals surface area contributed by atoms with E-state index in [9.17, 15) is 22.0 Å². The summed E-state index contributed by atoms with van der Waals surface area (Å²) in [4.78, 5) is 0. The summed E-state index contributed by atoms with van der Waals surface area (Å²) in [7, 11) is 0. The van der Waals surface area contributed by atoms with Gasteiger partial charge in [-0.25, -0.2) is 8.78 Å². The molecule has 0 aliphatic carbocycles. The molecule has 0 saturated heterocycles. The van der Waals surface area contributed by atoms with Gasteiger partial charge >= 0.3 is 6.18 Å². The van der Waals surface area contributed by atoms with Gasteiger partial charge in [0.2, 0.25) is 0 Å². The maximum absolute atomic E-state index is 14.2. The Morgan fingerprint density at radius 3 is 1.68 bits per heavy atom. The predicted octanol–water partition coefficient (Wildman–Crippen LogP) is 8.61. The van der Waals surface area contributed by atoms with Gasteiger partial charge in [-0.3, -0.25) is 0 Å². The molecule has 3 aromatic rings. The van der Waals surface area contributed by atoms with Gasteiger partial charge in [0, 0.05) is 11.6 Å². The van der Waals surface area contributed by atoms with Crippen LogP contribution in [0.1, 0.15) is 37.3 Å². The molecule has 0 nitrogen and oxygen atoms in total. The van der Waals surface area contributed by atoms with E-state index in [0.717, 1.165) is 29.7 Å². The van der Waals surface area contributed by atoms with Crippen molar-refractivity contribution in [1.82, 2.24) is 0 Å². The van der Waals surface area contributed by atoms with Crippen molar-refractivity contribution in [2.24, 2.45) is 0 Å². The fraction of sp³-hybridized carbons (Fsp3) is 0.231. The molecule has 31 heavy (non-hydrogen) atoms. The molecule has 162 valence electrons. The largest absolute Gasteiger partial charge is 0.409 e. The van der Waals surface area contributed by atoms with Gasteiger partial charge in [0.1, 0.15) is 11.6 Å². The molecule has 3 aromatic carbocycles. The van der Waals surface area contributed by atoms with E-state index < -0.39 is 23.4 Å². The molecule has 0 bridgehead atoms. The normalized spacial score (nSPS) is 11.9. The molecule has 0 radical (unpaired) electrons. The Kier molecular flexibility index (Phi) is 7.26. The molecule has 0 spiro atoms. The summed E-state index contributed by atoms with van der Waals surface area (Å²) >= 11 is 0. The highest BCUT2D eigenvalue weighted by Crippen LogP contribution is 2.29. The van der Waals surface area contributed by atoms with Gasteiger partial charge in [0.15, 0.2) is 0 Å². The zero-order valence-electron chi connectivity index (χ0n) is 17.1. The average molecular weight is 430 g/mol. The van der Waals surface area contributed by atoms with Gasteiger partial charge in [-0.05, 0) is 58.9 Å². The zero-order valence-corrected chi connectivity index (χ0v) is 17.1. The minimum atomic E-state index is -4.64. The first-order valence-corrected chi connectivity index (χ1v) is 10.2. The van der Waals surface area contributed by atoms with Crippen molar-refractivity contribution in [3.63, 3.8) is 0 Å². The van der Waals surface area contributed by atoms with E-state index >= 15 is 0 Å². The number of aryl methyl sites for hydroxylation is 1. The van der Waals surface area contributed by atoms with Gasteiger partial charge in [-0.2, -0.15) is 13.2 Å². The lowest BCUT2D eigenvalue weighted by atomic mass is 9.98. The van der Waals surface area contributed by atoms with E-state index in [4.69, 9.17) is 0 Å². The number of hydrogen-bond donors (Lipinski definition) is 0. The van der Waals surface area contributed by atoms with E-state index in [1.54, 1.807) is 12.1 Å². The second-order valence-corrected chi connectivity index (χ2v) is 7.46. The van der Waals surface area contributed by atoms with Crippen LogP contribution in [-0.2, 0) is 6.42 Å². The van der Waals surface area contributed by atoms with Crippen LogP contribution in [0.25, 0.3) is 28.3 Å². The summed E-state index contributed by atoms with van der Waals surface area (Å²) < 4.78 is 65.3. The van der Waals surface area contributed by atoms with Crippen LogP contribution in [0.2, 0.25) is 0 Å². The van der Waals surface area contributed by atoms with Gasteiger partial charge in [0.25, 0.3) is 0 Å². The molecule has 5 heteroatoms. The maximum Gasteiger partial charge on any atom is 0.409 e. The third-order valence-electron chi connectivity index (χ3n) is 5.09. The summed E-state index contributed by atoms with van der Waals surface area (Å²) in [6.45, 7) is 2.18. The maximum atomic E-state index is 14.2. The molecule has 0 saturated carbocycles. The van der Waals surface area contributed by atoms with E-state index in [-0.39, 0.29) is 11.6 Å². The minimum Gasteiger partial charge on any atom is -0.206 e. The third kappa shape index (κ3) is 6.27. The van der Waals surface area contributed by atoms with E-state index in [1.165, 1.54) is 24.8 Å². The number of rotatable bonds is 7. The van der Waals surface area contributed by atoms with Crippen LogP contribution >= 0.6 is 0 Å². The van der Waals surface area contributed by atoms with Crippen molar-refractivity contribution in [1.29, 1.82) is 0 Å². The van der Waals surface area contributed by atoms with Crippen LogP contribution in [0, 0.1) is 11.6 Å². The Bertz CT molecular complexity index is 1010. The first-order chi connectivity index (χ1) is 14.8. The molecular formula is C26H23F5. The second kappa shape index (κ2) is 9.90. The molecule has 0 atom stereocenters. The molecule has 0 aliphatic rings. The van der Waals surface area contributed by atoms with Crippen LogP contribution in [0.5, 0.6) is 0 Å². The van der Waals surface area contributed by atoms with Crippen molar-refractivity contribution in [3.8, 4) is 22.3 Å². The summed E-state index contributed by atoms with van der Waals surface area (Å²) in [5.74, 6) is -2.09. The summed E-state index contributed by atoms with van der Waals surface area (Å²) in [6, 6.07) is 17.6. The van der Waals surface area contributed by atoms with Crippen molar-refractivity contribution >= 4 is 6.08 Å². The third-order valence-corrected chi connectivity index (χ3v) is 5.09. The highest BCUT2D eigenvalue weighted by atomic mass is 19.4. The zero-order chi connectivity index (χ0) is 22.4. The van der Waals surface area contributed by atoms with Gasteiger partial charge in [-0.15, -0.1) is 0 Å². The predicted molar refractivity (Wildman–Crippen MR) is 116 cm³/mol. The van der Waals surface area contributed by atoms with Crippen molar-refractivity contribution < 1.29 is 22.0 Å². The lowest BCUT2D eigenvalue weighted by molar-refractivity contribution is -0.0790. The fourth-order valence-electron chi connectivity index (χ4n) is 3.39.